The van der Waals surface area contributed by atoms with Gasteiger partial charge in [0.1, 0.15) is 25.0 Å². The monoisotopic (exact) mass is 788 g/mol. The fourth-order valence-electron chi connectivity index (χ4n) is 6.84. The molecule has 9 heteroatoms. The van der Waals surface area contributed by atoms with E-state index in [1.165, 1.54) is 154 Å². The second kappa shape index (κ2) is 37.8. The van der Waals surface area contributed by atoms with Crippen LogP contribution < -0.4 is 4.89 Å². The molecule has 0 rings (SSSR count). The first-order valence-corrected chi connectivity index (χ1v) is 24.6. The van der Waals surface area contributed by atoms with Crippen LogP contribution in [0.4, 0.5) is 0 Å². The van der Waals surface area contributed by atoms with E-state index in [1.54, 1.807) is 0 Å². The number of likely N-dealkylation sites (N-methyl/N-ethyl adjacent to an activating group) is 1. The second-order valence-electron chi connectivity index (χ2n) is 17.2. The molecule has 8 nitrogen and oxygen atoms in total. The number of ketones is 1. The molecule has 0 N–H and O–H groups in total. The third-order valence-corrected chi connectivity index (χ3v) is 11.5. The minimum absolute atomic E-state index is 0.00562. The molecule has 0 saturated heterocycles. The Kier molecular flexibility index (Phi) is 37.2. The summed E-state index contributed by atoms with van der Waals surface area (Å²) in [5.74, 6) is -0.238. The Morgan fingerprint density at radius 2 is 0.870 bits per heavy atom. The van der Waals surface area contributed by atoms with Crippen molar-refractivity contribution in [2.75, 3.05) is 40.9 Å². The minimum atomic E-state index is -4.56. The molecule has 0 fully saturated rings. The van der Waals surface area contributed by atoms with Crippen LogP contribution in [0.1, 0.15) is 232 Å². The lowest BCUT2D eigenvalue weighted by Gasteiger charge is -2.28. The van der Waals surface area contributed by atoms with Gasteiger partial charge in [0.2, 0.25) is 0 Å². The third kappa shape index (κ3) is 40.9. The Bertz CT molecular complexity index is 894. The van der Waals surface area contributed by atoms with Crippen LogP contribution in [0.3, 0.4) is 0 Å². The van der Waals surface area contributed by atoms with Gasteiger partial charge in [-0.25, -0.2) is 0 Å². The highest BCUT2D eigenvalue weighted by molar-refractivity contribution is 7.45. The molecule has 0 aromatic rings. The first kappa shape index (κ1) is 53.2. The van der Waals surface area contributed by atoms with Gasteiger partial charge in [0.15, 0.2) is 0 Å². The van der Waals surface area contributed by atoms with Crippen LogP contribution >= 0.6 is 7.82 Å². The van der Waals surface area contributed by atoms with Crippen LogP contribution in [0.2, 0.25) is 0 Å². The van der Waals surface area contributed by atoms with Gasteiger partial charge in [-0.3, -0.25) is 14.2 Å². The molecule has 0 radical (unpaired) electrons. The lowest BCUT2D eigenvalue weighted by molar-refractivity contribution is -0.870. The van der Waals surface area contributed by atoms with E-state index in [1.807, 2.05) is 21.1 Å². The van der Waals surface area contributed by atoms with Crippen molar-refractivity contribution in [2.45, 2.75) is 238 Å². The Balaban J connectivity index is 4.30. The van der Waals surface area contributed by atoms with Gasteiger partial charge in [-0.05, 0) is 19.3 Å². The van der Waals surface area contributed by atoms with Gasteiger partial charge in [-0.1, -0.05) is 194 Å². The fraction of sp³-hybridized carbons (Fsp3) is 0.956. The number of phosphoric acid groups is 1. The van der Waals surface area contributed by atoms with E-state index >= 15 is 0 Å². The Labute approximate surface area is 335 Å². The predicted octanol–water partition coefficient (Wildman–Crippen LogP) is 13.0. The predicted molar refractivity (Wildman–Crippen MR) is 226 cm³/mol. The smallest absolute Gasteiger partial charge is 0.306 e. The summed E-state index contributed by atoms with van der Waals surface area (Å²) in [4.78, 5) is 37.8. The molecule has 0 aromatic carbocycles. The number of carbonyl (C=O) groups excluding carboxylic acids is 2. The van der Waals surface area contributed by atoms with E-state index in [0.29, 0.717) is 17.4 Å². The number of quaternary nitrogens is 1. The molecule has 2 atom stereocenters. The highest BCUT2D eigenvalue weighted by Gasteiger charge is 2.21. The molecule has 322 valence electrons. The molecular formula is C45H90NO7P. The van der Waals surface area contributed by atoms with E-state index in [-0.39, 0.29) is 44.2 Å². The molecule has 54 heavy (non-hydrogen) atoms. The SMILES string of the molecule is CCCCCCCCCCCCCCCCCC(=O)CCC(COP(=O)([O-])OCC[N+](C)(C)C)OC(=O)CCCCCCCCCCCCCCCCC. The van der Waals surface area contributed by atoms with Crippen molar-refractivity contribution in [2.24, 2.45) is 0 Å². The normalized spacial score (nSPS) is 13.6. The summed E-state index contributed by atoms with van der Waals surface area (Å²) in [5, 5.41) is 0. The zero-order valence-corrected chi connectivity index (χ0v) is 37.4. The van der Waals surface area contributed by atoms with Crippen molar-refractivity contribution < 1.29 is 37.3 Å². The Hall–Kier alpha value is -0.790. The lowest BCUT2D eigenvalue weighted by atomic mass is 10.0. The number of hydrogen-bond acceptors (Lipinski definition) is 7. The van der Waals surface area contributed by atoms with Crippen LogP contribution in [-0.2, 0) is 27.9 Å². The number of rotatable bonds is 43. The molecule has 0 aliphatic heterocycles. The minimum Gasteiger partial charge on any atom is -0.756 e. The van der Waals surface area contributed by atoms with Gasteiger partial charge in [0.05, 0.1) is 27.7 Å². The summed E-state index contributed by atoms with van der Waals surface area (Å²) in [5.41, 5.74) is 0. The van der Waals surface area contributed by atoms with Crippen molar-refractivity contribution >= 4 is 19.6 Å². The van der Waals surface area contributed by atoms with E-state index in [2.05, 4.69) is 13.8 Å². The Morgan fingerprint density at radius 3 is 1.24 bits per heavy atom. The van der Waals surface area contributed by atoms with Crippen LogP contribution in [0.5, 0.6) is 0 Å². The maximum Gasteiger partial charge on any atom is 0.306 e. The number of ether oxygens (including phenoxy) is 1. The molecule has 0 amide bonds. The van der Waals surface area contributed by atoms with Gasteiger partial charge in [0.25, 0.3) is 7.82 Å². The lowest BCUT2D eigenvalue weighted by Crippen LogP contribution is -2.37. The number of phosphoric ester groups is 1. The molecule has 0 heterocycles. The van der Waals surface area contributed by atoms with Gasteiger partial charge >= 0.3 is 5.97 Å². The van der Waals surface area contributed by atoms with E-state index in [0.717, 1.165) is 38.5 Å². The average Bonchev–Trinajstić information content (AvgIpc) is 3.12. The second-order valence-corrected chi connectivity index (χ2v) is 18.6. The van der Waals surface area contributed by atoms with Gasteiger partial charge in [-0.15, -0.1) is 0 Å². The van der Waals surface area contributed by atoms with Crippen molar-refractivity contribution in [3.63, 3.8) is 0 Å². The quantitative estimate of drug-likeness (QED) is 0.0262. The number of Topliss-reactive ketones (excluding diaryl/α,β-unsaturated/α-hetero) is 1. The first-order chi connectivity index (χ1) is 26.0. The summed E-state index contributed by atoms with van der Waals surface area (Å²) >= 11 is 0. The standard InChI is InChI=1S/C45H90NO7P/c1-6-8-10-12-14-16-18-20-22-24-26-28-30-32-34-36-43(47)38-39-44(42-52-54(49,50)51-41-40-46(3,4)5)53-45(48)37-35-33-31-29-27-25-23-21-19-17-15-13-11-9-7-2/h44H,6-42H2,1-5H3. The van der Waals surface area contributed by atoms with Crippen LogP contribution in [-0.4, -0.2) is 63.2 Å². The first-order valence-electron chi connectivity index (χ1n) is 23.1. The summed E-state index contributed by atoms with van der Waals surface area (Å²) in [6.45, 7) is 4.71. The molecule has 0 saturated carbocycles. The number of carbonyl (C=O) groups is 2. The summed E-state index contributed by atoms with van der Waals surface area (Å²) in [6, 6.07) is 0. The van der Waals surface area contributed by atoms with Crippen LogP contribution in [0.15, 0.2) is 0 Å². The number of esters is 1. The van der Waals surface area contributed by atoms with E-state index in [4.69, 9.17) is 13.8 Å². The fourth-order valence-corrected chi connectivity index (χ4v) is 7.57. The van der Waals surface area contributed by atoms with Crippen molar-refractivity contribution in [3.05, 3.63) is 0 Å². The zero-order valence-electron chi connectivity index (χ0n) is 36.5. The summed E-state index contributed by atoms with van der Waals surface area (Å²) in [7, 11) is 1.29. The maximum atomic E-state index is 12.7. The van der Waals surface area contributed by atoms with Gasteiger partial charge in [0, 0.05) is 19.3 Å². The maximum absolute atomic E-state index is 12.7. The van der Waals surface area contributed by atoms with Crippen molar-refractivity contribution in [1.29, 1.82) is 0 Å². The number of nitrogens with zero attached hydrogens (tertiary/aromatic N) is 1. The molecule has 0 bridgehead atoms. The third-order valence-electron chi connectivity index (χ3n) is 10.5. The molecule has 0 spiro atoms. The topological polar surface area (TPSA) is 102 Å². The summed E-state index contributed by atoms with van der Waals surface area (Å²) in [6.07, 6.45) is 38.6. The highest BCUT2D eigenvalue weighted by atomic mass is 31.2. The Morgan fingerprint density at radius 1 is 0.519 bits per heavy atom. The van der Waals surface area contributed by atoms with Gasteiger partial charge in [-0.2, -0.15) is 0 Å². The van der Waals surface area contributed by atoms with Crippen LogP contribution in [0.25, 0.3) is 0 Å². The number of unbranched alkanes of at least 4 members (excludes halogenated alkanes) is 28. The number of hydrogen-bond donors (Lipinski definition) is 0. The largest absolute Gasteiger partial charge is 0.756 e. The average molecular weight is 788 g/mol. The summed E-state index contributed by atoms with van der Waals surface area (Å²) < 4.78 is 28.8. The molecule has 0 aliphatic carbocycles. The van der Waals surface area contributed by atoms with Crippen LogP contribution in [0, 0.1) is 0 Å². The molecule has 2 unspecified atom stereocenters. The molecule has 0 aromatic heterocycles. The van der Waals surface area contributed by atoms with Gasteiger partial charge < -0.3 is 23.2 Å². The highest BCUT2D eigenvalue weighted by Crippen LogP contribution is 2.38. The molecular weight excluding hydrogens is 697 g/mol. The molecule has 0 aliphatic rings. The van der Waals surface area contributed by atoms with Crippen molar-refractivity contribution in [1.82, 2.24) is 0 Å². The van der Waals surface area contributed by atoms with Crippen molar-refractivity contribution in [3.8, 4) is 0 Å². The van der Waals surface area contributed by atoms with E-state index in [9.17, 15) is 19.0 Å². The van der Waals surface area contributed by atoms with E-state index < -0.39 is 13.9 Å². The zero-order chi connectivity index (χ0) is 40.0.